The van der Waals surface area contributed by atoms with E-state index in [1.165, 1.54) is 11.3 Å². The van der Waals surface area contributed by atoms with Crippen molar-refractivity contribution >= 4 is 28.2 Å². The minimum absolute atomic E-state index is 0.137. The Morgan fingerprint density at radius 3 is 2.83 bits per heavy atom. The van der Waals surface area contributed by atoms with Gasteiger partial charge in [-0.2, -0.15) is 0 Å². The van der Waals surface area contributed by atoms with E-state index in [2.05, 4.69) is 5.32 Å². The number of rotatable bonds is 4. The molecule has 1 aliphatic heterocycles. The zero-order valence-corrected chi connectivity index (χ0v) is 14.1. The molecule has 6 nitrogen and oxygen atoms in total. The highest BCUT2D eigenvalue weighted by atomic mass is 32.1. The molecule has 0 fully saturated rings. The van der Waals surface area contributed by atoms with Gasteiger partial charge in [-0.25, -0.2) is 4.79 Å². The van der Waals surface area contributed by atoms with Crippen molar-refractivity contribution in [3.8, 4) is 11.5 Å². The first-order valence-electron chi connectivity index (χ1n) is 7.55. The van der Waals surface area contributed by atoms with Gasteiger partial charge in [0, 0.05) is 0 Å². The van der Waals surface area contributed by atoms with Crippen LogP contribution in [0, 0.1) is 6.92 Å². The fourth-order valence-electron chi connectivity index (χ4n) is 2.29. The van der Waals surface area contributed by atoms with Gasteiger partial charge in [0.15, 0.2) is 11.5 Å². The lowest BCUT2D eigenvalue weighted by molar-refractivity contribution is -0.125. The number of esters is 1. The zero-order chi connectivity index (χ0) is 17.1. The fraction of sp³-hybridized carbons (Fsp3) is 0.294. The van der Waals surface area contributed by atoms with E-state index in [1.807, 2.05) is 12.1 Å². The van der Waals surface area contributed by atoms with E-state index >= 15 is 0 Å². The lowest BCUT2D eigenvalue weighted by Gasteiger charge is -2.25. The number of hydrogen-bond acceptors (Lipinski definition) is 6. The number of benzene rings is 1. The van der Waals surface area contributed by atoms with Crippen molar-refractivity contribution in [3.63, 3.8) is 0 Å². The smallest absolute Gasteiger partial charge is 0.348 e. The monoisotopic (exact) mass is 347 g/mol. The molecule has 1 aromatic carbocycles. The average Bonchev–Trinajstić information content (AvgIpc) is 2.95. The van der Waals surface area contributed by atoms with Crippen LogP contribution in [0.2, 0.25) is 0 Å². The molecule has 0 radical (unpaired) electrons. The predicted molar refractivity (Wildman–Crippen MR) is 90.0 cm³/mol. The lowest BCUT2D eigenvalue weighted by Crippen LogP contribution is -2.40. The highest BCUT2D eigenvalue weighted by Crippen LogP contribution is 2.32. The summed E-state index contributed by atoms with van der Waals surface area (Å²) in [5, 5.41) is 3.34. The quantitative estimate of drug-likeness (QED) is 0.861. The molecule has 0 saturated carbocycles. The van der Waals surface area contributed by atoms with Gasteiger partial charge >= 0.3 is 5.97 Å². The normalized spacial score (nSPS) is 15.7. The van der Waals surface area contributed by atoms with Gasteiger partial charge in [-0.05, 0) is 37.6 Å². The second-order valence-electron chi connectivity index (χ2n) is 5.20. The van der Waals surface area contributed by atoms with Crippen molar-refractivity contribution < 1.29 is 23.8 Å². The second-order valence-corrected chi connectivity index (χ2v) is 6.25. The maximum atomic E-state index is 12.4. The summed E-state index contributed by atoms with van der Waals surface area (Å²) in [5.41, 5.74) is 0.764. The third-order valence-electron chi connectivity index (χ3n) is 3.43. The molecule has 0 bridgehead atoms. The van der Waals surface area contributed by atoms with E-state index in [0.717, 1.165) is 5.56 Å². The first-order chi connectivity index (χ1) is 11.6. The van der Waals surface area contributed by atoms with E-state index in [1.54, 1.807) is 32.0 Å². The fourth-order valence-corrected chi connectivity index (χ4v) is 3.26. The summed E-state index contributed by atoms with van der Waals surface area (Å²) in [6, 6.07) is 8.94. The molecule has 2 heterocycles. The van der Waals surface area contributed by atoms with Crippen molar-refractivity contribution in [3.05, 3.63) is 40.8 Å². The van der Waals surface area contributed by atoms with Crippen LogP contribution in [0.15, 0.2) is 30.3 Å². The minimum Gasteiger partial charge on any atom is -0.485 e. The molecule has 1 amide bonds. The average molecular weight is 347 g/mol. The van der Waals surface area contributed by atoms with Crippen LogP contribution >= 0.6 is 11.3 Å². The molecular formula is C17H17NO5S. The molecular weight excluding hydrogens is 330 g/mol. The van der Waals surface area contributed by atoms with Gasteiger partial charge in [-0.3, -0.25) is 4.79 Å². The van der Waals surface area contributed by atoms with E-state index in [9.17, 15) is 9.59 Å². The van der Waals surface area contributed by atoms with Crippen molar-refractivity contribution in [2.24, 2.45) is 0 Å². The largest absolute Gasteiger partial charge is 0.485 e. The molecule has 0 saturated heterocycles. The maximum Gasteiger partial charge on any atom is 0.348 e. The number of nitrogens with one attached hydrogen (secondary N) is 1. The Bertz CT molecular complexity index is 770. The number of hydrogen-bond donors (Lipinski definition) is 1. The Balaban J connectivity index is 1.68. The highest BCUT2D eigenvalue weighted by Gasteiger charge is 2.28. The summed E-state index contributed by atoms with van der Waals surface area (Å²) < 4.78 is 16.2. The summed E-state index contributed by atoms with van der Waals surface area (Å²) in [6.07, 6.45) is -0.742. The van der Waals surface area contributed by atoms with Crippen molar-refractivity contribution in [1.82, 2.24) is 0 Å². The Labute approximate surface area is 143 Å². The Morgan fingerprint density at radius 2 is 2.08 bits per heavy atom. The van der Waals surface area contributed by atoms with Gasteiger partial charge < -0.3 is 19.5 Å². The van der Waals surface area contributed by atoms with Gasteiger partial charge in [-0.15, -0.1) is 11.3 Å². The number of aryl methyl sites for hydroxylation is 1. The van der Waals surface area contributed by atoms with Crippen LogP contribution in [0.3, 0.4) is 0 Å². The van der Waals surface area contributed by atoms with E-state index in [-0.39, 0.29) is 18.5 Å². The minimum atomic E-state index is -0.742. The number of para-hydroxylation sites is 2. The number of thiophene rings is 1. The molecule has 7 heteroatoms. The van der Waals surface area contributed by atoms with Crippen LogP contribution in [-0.4, -0.2) is 31.2 Å². The molecule has 0 spiro atoms. The highest BCUT2D eigenvalue weighted by molar-refractivity contribution is 7.18. The molecule has 1 aliphatic rings. The van der Waals surface area contributed by atoms with Crippen molar-refractivity contribution in [2.75, 3.05) is 18.5 Å². The van der Waals surface area contributed by atoms with Crippen molar-refractivity contribution in [1.29, 1.82) is 0 Å². The van der Waals surface area contributed by atoms with Crippen LogP contribution in [0.5, 0.6) is 11.5 Å². The zero-order valence-electron chi connectivity index (χ0n) is 13.3. The Hall–Kier alpha value is -2.54. The van der Waals surface area contributed by atoms with Gasteiger partial charge in [0.25, 0.3) is 5.91 Å². The molecule has 24 heavy (non-hydrogen) atoms. The first kappa shape index (κ1) is 16.3. The van der Waals surface area contributed by atoms with Gasteiger partial charge in [0.1, 0.15) is 11.5 Å². The topological polar surface area (TPSA) is 73.9 Å². The second kappa shape index (κ2) is 6.92. The molecule has 1 aromatic heterocycles. The Morgan fingerprint density at radius 1 is 1.33 bits per heavy atom. The van der Waals surface area contributed by atoms with Crippen molar-refractivity contribution in [2.45, 2.75) is 20.0 Å². The third-order valence-corrected chi connectivity index (χ3v) is 4.56. The van der Waals surface area contributed by atoms with Gasteiger partial charge in [-0.1, -0.05) is 12.1 Å². The van der Waals surface area contributed by atoms with Crippen LogP contribution in [0.1, 0.15) is 22.2 Å². The molecule has 1 N–H and O–H groups in total. The summed E-state index contributed by atoms with van der Waals surface area (Å²) in [4.78, 5) is 24.7. The van der Waals surface area contributed by atoms with Crippen LogP contribution in [-0.2, 0) is 9.53 Å². The van der Waals surface area contributed by atoms with E-state index in [0.29, 0.717) is 28.0 Å². The van der Waals surface area contributed by atoms with E-state index < -0.39 is 6.10 Å². The summed E-state index contributed by atoms with van der Waals surface area (Å²) in [7, 11) is 0. The molecule has 0 aliphatic carbocycles. The summed E-state index contributed by atoms with van der Waals surface area (Å²) >= 11 is 1.18. The molecule has 2 aromatic rings. The SMILES string of the molecule is CCOC(=O)c1sc(NC(=O)[C@H]2COc3ccccc3O2)cc1C. The molecule has 1 atom stereocenters. The molecule has 126 valence electrons. The number of anilines is 1. The standard InChI is InChI=1S/C17H17NO5S/c1-3-21-17(20)15-10(2)8-14(24-15)18-16(19)13-9-22-11-6-4-5-7-12(11)23-13/h4-8,13H,3,9H2,1-2H3,(H,18,19)/t13-/m1/s1. The number of carbonyl (C=O) groups excluding carboxylic acids is 2. The van der Waals surface area contributed by atoms with Crippen LogP contribution in [0.25, 0.3) is 0 Å². The number of carbonyl (C=O) groups is 2. The number of fused-ring (bicyclic) bond motifs is 1. The van der Waals surface area contributed by atoms with Gasteiger partial charge in [0.05, 0.1) is 11.6 Å². The number of amides is 1. The van der Waals surface area contributed by atoms with Crippen LogP contribution in [0.4, 0.5) is 5.00 Å². The summed E-state index contributed by atoms with van der Waals surface area (Å²) in [6.45, 7) is 4.00. The van der Waals surface area contributed by atoms with Crippen LogP contribution < -0.4 is 14.8 Å². The Kier molecular flexibility index (Phi) is 4.71. The third kappa shape index (κ3) is 3.35. The van der Waals surface area contributed by atoms with E-state index in [4.69, 9.17) is 14.2 Å². The predicted octanol–water partition coefficient (Wildman–Crippen LogP) is 3.01. The maximum absolute atomic E-state index is 12.4. The summed E-state index contributed by atoms with van der Waals surface area (Å²) in [5.74, 6) is 0.462. The molecule has 3 rings (SSSR count). The number of ether oxygens (including phenoxy) is 3. The van der Waals surface area contributed by atoms with Gasteiger partial charge in [0.2, 0.25) is 6.10 Å². The lowest BCUT2D eigenvalue weighted by atomic mass is 10.2. The first-order valence-corrected chi connectivity index (χ1v) is 8.37. The molecule has 0 unspecified atom stereocenters.